The van der Waals surface area contributed by atoms with Crippen LogP contribution in [0.3, 0.4) is 0 Å². The van der Waals surface area contributed by atoms with Crippen molar-refractivity contribution in [1.29, 1.82) is 0 Å². The molecule has 3 nitrogen and oxygen atoms in total. The van der Waals surface area contributed by atoms with Gasteiger partial charge in [0.15, 0.2) is 0 Å². The van der Waals surface area contributed by atoms with Gasteiger partial charge in [-0.3, -0.25) is 0 Å². The zero-order valence-corrected chi connectivity index (χ0v) is 13.8. The van der Waals surface area contributed by atoms with Crippen molar-refractivity contribution in [3.63, 3.8) is 0 Å². The number of hydrogen-bond donors (Lipinski definition) is 1. The highest BCUT2D eigenvalue weighted by Gasteiger charge is 2.21. The molecule has 1 aromatic heterocycles. The van der Waals surface area contributed by atoms with E-state index in [0.29, 0.717) is 26.6 Å². The van der Waals surface area contributed by atoms with E-state index >= 15 is 0 Å². The van der Waals surface area contributed by atoms with Crippen molar-refractivity contribution >= 4 is 40.6 Å². The molecule has 6 heteroatoms. The van der Waals surface area contributed by atoms with Crippen LogP contribution in [0.4, 0.5) is 5.82 Å². The number of hydrogen-bond acceptors (Lipinski definition) is 2. The first kappa shape index (κ1) is 15.5. The molecule has 0 fully saturated rings. The number of benzene rings is 1. The van der Waals surface area contributed by atoms with Gasteiger partial charge in [-0.15, -0.1) is 0 Å². The van der Waals surface area contributed by atoms with Crippen molar-refractivity contribution < 1.29 is 0 Å². The van der Waals surface area contributed by atoms with E-state index in [-0.39, 0.29) is 5.41 Å². The molecule has 0 bridgehead atoms. The van der Waals surface area contributed by atoms with E-state index in [2.05, 4.69) is 25.9 Å². The van der Waals surface area contributed by atoms with Crippen molar-refractivity contribution in [3.8, 4) is 5.69 Å². The van der Waals surface area contributed by atoms with Gasteiger partial charge in [-0.05, 0) is 30.0 Å². The predicted octanol–water partition coefficient (Wildman–Crippen LogP) is 5.00. The Hall–Kier alpha value is -0.900. The minimum atomic E-state index is 0.0685. The van der Waals surface area contributed by atoms with Gasteiger partial charge < -0.3 is 5.73 Å². The summed E-state index contributed by atoms with van der Waals surface area (Å²) in [4.78, 5) is 0. The highest BCUT2D eigenvalue weighted by atomic mass is 35.5. The van der Waals surface area contributed by atoms with Gasteiger partial charge in [0.05, 0.1) is 16.4 Å². The zero-order valence-electron chi connectivity index (χ0n) is 11.5. The molecule has 0 radical (unpaired) electrons. The Morgan fingerprint density at radius 2 is 1.85 bits per heavy atom. The van der Waals surface area contributed by atoms with Gasteiger partial charge >= 0.3 is 0 Å². The molecule has 1 heterocycles. The summed E-state index contributed by atoms with van der Waals surface area (Å²) < 4.78 is 1.56. The fourth-order valence-corrected chi connectivity index (χ4v) is 2.58. The van der Waals surface area contributed by atoms with Crippen LogP contribution < -0.4 is 5.73 Å². The number of halogens is 3. The summed E-state index contributed by atoms with van der Waals surface area (Å²) in [6, 6.07) is 5.16. The number of nitrogens with zero attached hydrogens (tertiary/aromatic N) is 2. The number of anilines is 1. The molecular formula is C14H16Cl3N3. The molecule has 0 aliphatic heterocycles. The lowest BCUT2D eigenvalue weighted by molar-refractivity contribution is 0.405. The Bertz CT molecular complexity index is 642. The second kappa shape index (κ2) is 5.47. The van der Waals surface area contributed by atoms with Crippen LogP contribution in [0.5, 0.6) is 0 Å². The molecule has 0 aliphatic carbocycles. The van der Waals surface area contributed by atoms with Crippen molar-refractivity contribution in [2.75, 3.05) is 5.73 Å². The summed E-state index contributed by atoms with van der Waals surface area (Å²) in [5.74, 6) is 0.384. The van der Waals surface area contributed by atoms with Gasteiger partial charge in [-0.1, -0.05) is 55.6 Å². The average Bonchev–Trinajstić information content (AvgIpc) is 2.56. The van der Waals surface area contributed by atoms with Gasteiger partial charge in [-0.25, -0.2) is 4.68 Å². The molecule has 1 aromatic carbocycles. The van der Waals surface area contributed by atoms with Gasteiger partial charge in [0.2, 0.25) is 0 Å². The molecule has 20 heavy (non-hydrogen) atoms. The lowest BCUT2D eigenvalue weighted by atomic mass is 9.91. The van der Waals surface area contributed by atoms with Crippen molar-refractivity contribution in [1.82, 2.24) is 9.78 Å². The standard InChI is InChI=1S/C14H16Cl3N3/c1-14(2,3)7-10-12(17)13(18)20(19-10)11-5-4-8(15)6-9(11)16/h4-6H,7,18H2,1-3H3. The maximum Gasteiger partial charge on any atom is 0.146 e. The number of rotatable bonds is 2. The van der Waals surface area contributed by atoms with Crippen LogP contribution >= 0.6 is 34.8 Å². The van der Waals surface area contributed by atoms with Crippen molar-refractivity contribution in [2.45, 2.75) is 27.2 Å². The van der Waals surface area contributed by atoms with E-state index < -0.39 is 0 Å². The topological polar surface area (TPSA) is 43.8 Å². The number of aromatic nitrogens is 2. The first-order chi connectivity index (χ1) is 9.19. The van der Waals surface area contributed by atoms with Crippen LogP contribution in [-0.4, -0.2) is 9.78 Å². The van der Waals surface area contributed by atoms with Crippen LogP contribution in [0.25, 0.3) is 5.69 Å². The van der Waals surface area contributed by atoms with Crippen molar-refractivity contribution in [3.05, 3.63) is 39.0 Å². The normalized spacial score (nSPS) is 11.9. The molecule has 0 unspecified atom stereocenters. The molecular weight excluding hydrogens is 317 g/mol. The minimum absolute atomic E-state index is 0.0685. The summed E-state index contributed by atoms with van der Waals surface area (Å²) in [5, 5.41) is 6.00. The summed E-state index contributed by atoms with van der Waals surface area (Å²) in [7, 11) is 0. The molecule has 0 saturated carbocycles. The van der Waals surface area contributed by atoms with E-state index in [4.69, 9.17) is 40.5 Å². The molecule has 0 aliphatic rings. The third kappa shape index (κ3) is 3.22. The van der Waals surface area contributed by atoms with Crippen LogP contribution in [0, 0.1) is 5.41 Å². The molecule has 0 saturated heterocycles. The Morgan fingerprint density at radius 1 is 1.20 bits per heavy atom. The van der Waals surface area contributed by atoms with Crippen LogP contribution in [0.2, 0.25) is 15.1 Å². The zero-order chi connectivity index (χ0) is 15.1. The summed E-state index contributed by atoms with van der Waals surface area (Å²) in [6.45, 7) is 6.36. The maximum atomic E-state index is 6.28. The number of nitrogens with two attached hydrogens (primary N) is 1. The highest BCUT2D eigenvalue weighted by molar-refractivity contribution is 6.36. The maximum absolute atomic E-state index is 6.28. The molecule has 2 N–H and O–H groups in total. The average molecular weight is 333 g/mol. The van der Waals surface area contributed by atoms with E-state index in [1.165, 1.54) is 0 Å². The fourth-order valence-electron chi connectivity index (χ4n) is 1.91. The second-order valence-electron chi connectivity index (χ2n) is 5.89. The predicted molar refractivity (Wildman–Crippen MR) is 86.2 cm³/mol. The largest absolute Gasteiger partial charge is 0.382 e. The SMILES string of the molecule is CC(C)(C)Cc1nn(-c2ccc(Cl)cc2Cl)c(N)c1Cl. The Balaban J connectivity index is 2.50. The van der Waals surface area contributed by atoms with E-state index in [1.54, 1.807) is 22.9 Å². The van der Waals surface area contributed by atoms with Crippen molar-refractivity contribution in [2.24, 2.45) is 5.41 Å². The molecule has 0 spiro atoms. The summed E-state index contributed by atoms with van der Waals surface area (Å²) in [5.41, 5.74) is 7.54. The lowest BCUT2D eigenvalue weighted by Gasteiger charge is -2.16. The fraction of sp³-hybridized carbons (Fsp3) is 0.357. The Morgan fingerprint density at radius 3 is 2.40 bits per heavy atom. The van der Waals surface area contributed by atoms with Gasteiger partial charge in [0, 0.05) is 5.02 Å². The van der Waals surface area contributed by atoms with Crippen LogP contribution in [0.1, 0.15) is 26.5 Å². The third-order valence-corrected chi connectivity index (χ3v) is 3.71. The minimum Gasteiger partial charge on any atom is -0.382 e. The molecule has 0 amide bonds. The van der Waals surface area contributed by atoms with E-state index in [1.807, 2.05) is 0 Å². The quantitative estimate of drug-likeness (QED) is 0.840. The monoisotopic (exact) mass is 331 g/mol. The van der Waals surface area contributed by atoms with Gasteiger partial charge in [0.1, 0.15) is 10.8 Å². The first-order valence-electron chi connectivity index (χ1n) is 6.17. The van der Waals surface area contributed by atoms with Gasteiger partial charge in [-0.2, -0.15) is 5.10 Å². The second-order valence-corrected chi connectivity index (χ2v) is 7.11. The highest BCUT2D eigenvalue weighted by Crippen LogP contribution is 2.33. The lowest BCUT2D eigenvalue weighted by Crippen LogP contribution is -2.10. The Labute approximate surface area is 133 Å². The first-order valence-corrected chi connectivity index (χ1v) is 7.31. The molecule has 108 valence electrons. The van der Waals surface area contributed by atoms with E-state index in [0.717, 1.165) is 12.1 Å². The third-order valence-electron chi connectivity index (χ3n) is 2.76. The van der Waals surface area contributed by atoms with E-state index in [9.17, 15) is 0 Å². The van der Waals surface area contributed by atoms with Crippen LogP contribution in [-0.2, 0) is 6.42 Å². The molecule has 2 rings (SSSR count). The molecule has 2 aromatic rings. The van der Waals surface area contributed by atoms with Crippen LogP contribution in [0.15, 0.2) is 18.2 Å². The smallest absolute Gasteiger partial charge is 0.146 e. The van der Waals surface area contributed by atoms with Gasteiger partial charge in [0.25, 0.3) is 0 Å². The Kier molecular flexibility index (Phi) is 4.24. The summed E-state index contributed by atoms with van der Waals surface area (Å²) >= 11 is 18.4. The summed E-state index contributed by atoms with van der Waals surface area (Å²) in [6.07, 6.45) is 0.730. The molecule has 0 atom stereocenters. The number of nitrogen functional groups attached to an aromatic ring is 1.